The molecule has 0 bridgehead atoms. The molecule has 3 aromatic rings. The Balaban J connectivity index is 1.86. The number of thiophene rings is 1. The van der Waals surface area contributed by atoms with Gasteiger partial charge in [-0.05, 0) is 62.2 Å². The van der Waals surface area contributed by atoms with Crippen LogP contribution in [0.1, 0.15) is 44.9 Å². The van der Waals surface area contributed by atoms with Crippen molar-refractivity contribution in [2.45, 2.75) is 33.7 Å². The Bertz CT molecular complexity index is 1070. The van der Waals surface area contributed by atoms with Gasteiger partial charge in [0.05, 0.1) is 13.2 Å². The second-order valence-corrected chi connectivity index (χ2v) is 8.89. The van der Waals surface area contributed by atoms with Gasteiger partial charge in [0, 0.05) is 10.4 Å². The molecule has 0 fully saturated rings. The van der Waals surface area contributed by atoms with Gasteiger partial charge < -0.3 is 15.4 Å². The van der Waals surface area contributed by atoms with Gasteiger partial charge in [0.15, 0.2) is 5.11 Å². The molecule has 2 N–H and O–H groups in total. The Hall–Kier alpha value is -2.70. The molecule has 0 aliphatic rings. The maximum Gasteiger partial charge on any atom is 0.341 e. The molecule has 2 aromatic carbocycles. The number of benzene rings is 2. The van der Waals surface area contributed by atoms with Crippen molar-refractivity contribution in [3.8, 4) is 11.1 Å². The second-order valence-electron chi connectivity index (χ2n) is 7.26. The number of esters is 1. The molecule has 1 unspecified atom stereocenters. The number of thiocarbonyl (C=S) groups is 1. The van der Waals surface area contributed by atoms with Crippen LogP contribution in [0, 0.1) is 20.8 Å². The third-order valence-corrected chi connectivity index (χ3v) is 6.38. The summed E-state index contributed by atoms with van der Waals surface area (Å²) in [6.45, 7) is 8.26. The number of methoxy groups -OCH3 is 1. The average molecular weight is 439 g/mol. The molecule has 0 aliphatic heterocycles. The van der Waals surface area contributed by atoms with Crippen LogP contribution < -0.4 is 10.6 Å². The lowest BCUT2D eigenvalue weighted by molar-refractivity contribution is 0.0603. The Morgan fingerprint density at radius 1 is 1.07 bits per heavy atom. The molecular formula is C24H26N2O2S2. The summed E-state index contributed by atoms with van der Waals surface area (Å²) in [4.78, 5) is 13.6. The van der Waals surface area contributed by atoms with Gasteiger partial charge in [-0.15, -0.1) is 11.3 Å². The maximum atomic E-state index is 12.6. The predicted molar refractivity (Wildman–Crippen MR) is 130 cm³/mol. The van der Waals surface area contributed by atoms with E-state index in [1.165, 1.54) is 29.6 Å². The molecule has 0 radical (unpaired) electrons. The monoisotopic (exact) mass is 438 g/mol. The second kappa shape index (κ2) is 9.41. The summed E-state index contributed by atoms with van der Waals surface area (Å²) < 4.78 is 5.07. The van der Waals surface area contributed by atoms with E-state index in [4.69, 9.17) is 17.0 Å². The minimum atomic E-state index is -0.384. The topological polar surface area (TPSA) is 50.4 Å². The fraction of sp³-hybridized carbons (Fsp3) is 0.250. The molecule has 0 spiro atoms. The number of hydrogen-bond donors (Lipinski definition) is 2. The van der Waals surface area contributed by atoms with Gasteiger partial charge in [0.1, 0.15) is 10.6 Å². The van der Waals surface area contributed by atoms with Crippen LogP contribution in [0.3, 0.4) is 0 Å². The molecule has 1 atom stereocenters. The number of rotatable bonds is 5. The van der Waals surface area contributed by atoms with Crippen LogP contribution >= 0.6 is 23.6 Å². The molecular weight excluding hydrogens is 412 g/mol. The standard InChI is InChI=1S/C24H26N2O2S2/c1-14-11-12-19(13-15(14)2)16(3)25-24(29)26-22-21(23(27)28-5)20(17(4)30-22)18-9-7-6-8-10-18/h6-13,16H,1-5H3,(H2,25,26,29). The molecule has 6 heteroatoms. The smallest absolute Gasteiger partial charge is 0.341 e. The fourth-order valence-electron chi connectivity index (χ4n) is 3.34. The minimum absolute atomic E-state index is 0.0283. The van der Waals surface area contributed by atoms with Gasteiger partial charge in [-0.25, -0.2) is 4.79 Å². The van der Waals surface area contributed by atoms with E-state index < -0.39 is 0 Å². The molecule has 3 rings (SSSR count). The quantitative estimate of drug-likeness (QED) is 0.368. The summed E-state index contributed by atoms with van der Waals surface area (Å²) in [5.41, 5.74) is 6.02. The Morgan fingerprint density at radius 3 is 2.40 bits per heavy atom. The van der Waals surface area contributed by atoms with Crippen molar-refractivity contribution in [1.29, 1.82) is 0 Å². The van der Waals surface area contributed by atoms with E-state index in [0.29, 0.717) is 15.7 Å². The normalized spacial score (nSPS) is 11.6. The van der Waals surface area contributed by atoms with Crippen molar-refractivity contribution in [1.82, 2.24) is 5.32 Å². The first-order valence-corrected chi connectivity index (χ1v) is 11.0. The van der Waals surface area contributed by atoms with Gasteiger partial charge in [0.2, 0.25) is 0 Å². The Labute approximate surface area is 187 Å². The summed E-state index contributed by atoms with van der Waals surface area (Å²) in [6, 6.07) is 16.3. The minimum Gasteiger partial charge on any atom is -0.465 e. The maximum absolute atomic E-state index is 12.6. The van der Waals surface area contributed by atoms with Crippen LogP contribution in [0.4, 0.5) is 5.00 Å². The highest BCUT2D eigenvalue weighted by Gasteiger charge is 2.24. The number of ether oxygens (including phenoxy) is 1. The molecule has 0 saturated heterocycles. The first kappa shape index (κ1) is 22.0. The number of nitrogens with one attached hydrogen (secondary N) is 2. The third-order valence-electron chi connectivity index (χ3n) is 5.14. The molecule has 1 heterocycles. The van der Waals surface area contributed by atoms with Crippen LogP contribution in [-0.4, -0.2) is 18.2 Å². The lowest BCUT2D eigenvalue weighted by Gasteiger charge is -2.18. The predicted octanol–water partition coefficient (Wildman–Crippen LogP) is 6.17. The van der Waals surface area contributed by atoms with E-state index in [-0.39, 0.29) is 12.0 Å². The zero-order valence-corrected chi connectivity index (χ0v) is 19.5. The lowest BCUT2D eigenvalue weighted by Crippen LogP contribution is -2.31. The SMILES string of the molecule is COC(=O)c1c(NC(=S)NC(C)c2ccc(C)c(C)c2)sc(C)c1-c1ccccc1. The number of carbonyl (C=O) groups is 1. The average Bonchev–Trinajstić information content (AvgIpc) is 3.05. The van der Waals surface area contributed by atoms with E-state index in [1.54, 1.807) is 0 Å². The van der Waals surface area contributed by atoms with Gasteiger partial charge in [-0.2, -0.15) is 0 Å². The van der Waals surface area contributed by atoms with Crippen molar-refractivity contribution >= 4 is 39.6 Å². The summed E-state index contributed by atoms with van der Waals surface area (Å²) in [5, 5.41) is 7.69. The highest BCUT2D eigenvalue weighted by Crippen LogP contribution is 2.40. The molecule has 1 aromatic heterocycles. The summed E-state index contributed by atoms with van der Waals surface area (Å²) in [7, 11) is 1.40. The van der Waals surface area contributed by atoms with Gasteiger partial charge >= 0.3 is 5.97 Å². The zero-order valence-electron chi connectivity index (χ0n) is 17.8. The molecule has 0 saturated carbocycles. The first-order chi connectivity index (χ1) is 14.3. The number of carbonyl (C=O) groups excluding carboxylic acids is 1. The fourth-order valence-corrected chi connectivity index (χ4v) is 4.75. The van der Waals surface area contributed by atoms with E-state index in [2.05, 4.69) is 49.6 Å². The highest BCUT2D eigenvalue weighted by atomic mass is 32.1. The third kappa shape index (κ3) is 4.71. The largest absolute Gasteiger partial charge is 0.465 e. The van der Waals surface area contributed by atoms with E-state index in [1.807, 2.05) is 37.3 Å². The van der Waals surface area contributed by atoms with E-state index in [9.17, 15) is 4.79 Å². The van der Waals surface area contributed by atoms with Crippen molar-refractivity contribution in [2.24, 2.45) is 0 Å². The summed E-state index contributed by atoms with van der Waals surface area (Å²) in [5.74, 6) is -0.384. The van der Waals surface area contributed by atoms with Gasteiger partial charge in [-0.3, -0.25) is 0 Å². The molecule has 30 heavy (non-hydrogen) atoms. The number of hydrogen-bond acceptors (Lipinski definition) is 4. The molecule has 0 aliphatic carbocycles. The summed E-state index contributed by atoms with van der Waals surface area (Å²) in [6.07, 6.45) is 0. The van der Waals surface area contributed by atoms with Crippen molar-refractivity contribution in [2.75, 3.05) is 12.4 Å². The van der Waals surface area contributed by atoms with Crippen LogP contribution in [0.5, 0.6) is 0 Å². The van der Waals surface area contributed by atoms with Crippen LogP contribution in [0.2, 0.25) is 0 Å². The molecule has 156 valence electrons. The first-order valence-electron chi connectivity index (χ1n) is 9.73. The summed E-state index contributed by atoms with van der Waals surface area (Å²) >= 11 is 7.05. The highest BCUT2D eigenvalue weighted by molar-refractivity contribution is 7.80. The van der Waals surface area contributed by atoms with Crippen molar-refractivity contribution < 1.29 is 9.53 Å². The zero-order chi connectivity index (χ0) is 21.8. The van der Waals surface area contributed by atoms with Crippen molar-refractivity contribution in [3.05, 3.63) is 75.7 Å². The Morgan fingerprint density at radius 2 is 1.77 bits per heavy atom. The van der Waals surface area contributed by atoms with Crippen molar-refractivity contribution in [3.63, 3.8) is 0 Å². The van der Waals surface area contributed by atoms with Gasteiger partial charge in [0.25, 0.3) is 0 Å². The van der Waals surface area contributed by atoms with Crippen LogP contribution in [0.25, 0.3) is 11.1 Å². The van der Waals surface area contributed by atoms with Crippen LogP contribution in [0.15, 0.2) is 48.5 Å². The lowest BCUT2D eigenvalue weighted by atomic mass is 10.0. The Kier molecular flexibility index (Phi) is 6.90. The van der Waals surface area contributed by atoms with E-state index in [0.717, 1.165) is 21.6 Å². The van der Waals surface area contributed by atoms with E-state index >= 15 is 0 Å². The number of aryl methyl sites for hydroxylation is 3. The molecule has 0 amide bonds. The molecule has 4 nitrogen and oxygen atoms in total. The van der Waals surface area contributed by atoms with Gasteiger partial charge in [-0.1, -0.05) is 48.5 Å². The van der Waals surface area contributed by atoms with Crippen LogP contribution in [-0.2, 0) is 4.74 Å². The number of anilines is 1.